The van der Waals surface area contributed by atoms with Crippen LogP contribution in [0.3, 0.4) is 0 Å². The van der Waals surface area contributed by atoms with Crippen molar-refractivity contribution in [3.05, 3.63) is 65.5 Å². The Labute approximate surface area is 301 Å². The van der Waals surface area contributed by atoms with Crippen molar-refractivity contribution in [1.29, 1.82) is 5.26 Å². The summed E-state index contributed by atoms with van der Waals surface area (Å²) >= 11 is 0. The van der Waals surface area contributed by atoms with E-state index in [0.717, 1.165) is 68.0 Å². The molecule has 1 N–H and O–H groups in total. The number of fused-ring (bicyclic) bond motifs is 5. The molecule has 5 aliphatic rings. The van der Waals surface area contributed by atoms with E-state index in [9.17, 15) is 14.4 Å². The Morgan fingerprint density at radius 3 is 2.71 bits per heavy atom. The number of carbonyl (C=O) groups excluding carboxylic acids is 1. The van der Waals surface area contributed by atoms with Crippen LogP contribution < -0.4 is 10.1 Å². The molecule has 2 bridgehead atoms. The van der Waals surface area contributed by atoms with E-state index < -0.39 is 11.6 Å². The van der Waals surface area contributed by atoms with Gasteiger partial charge in [0.1, 0.15) is 17.4 Å². The molecule has 4 aliphatic heterocycles. The summed E-state index contributed by atoms with van der Waals surface area (Å²) in [5.41, 5.74) is 4.06. The molecular formula is C41H43F2N7O2. The smallest absolute Gasteiger partial charge is 0.223 e. The van der Waals surface area contributed by atoms with Gasteiger partial charge in [0.2, 0.25) is 11.8 Å². The Hall–Kier alpha value is -4.66. The number of nitrogens with zero attached hydrogens (tertiary/aromatic N) is 6. The number of aryl methyl sites for hydroxylation is 1. The highest BCUT2D eigenvalue weighted by atomic mass is 19.1. The largest absolute Gasteiger partial charge is 0.472 e. The highest BCUT2D eigenvalue weighted by molar-refractivity contribution is 6.09. The van der Waals surface area contributed by atoms with Crippen LogP contribution in [-0.2, 0) is 11.2 Å². The van der Waals surface area contributed by atoms with E-state index in [1.54, 1.807) is 25.1 Å². The normalized spacial score (nSPS) is 24.9. The van der Waals surface area contributed by atoms with Crippen molar-refractivity contribution < 1.29 is 18.3 Å². The number of benzene rings is 2. The number of pyridine rings is 2. The zero-order chi connectivity index (χ0) is 35.8. The van der Waals surface area contributed by atoms with Gasteiger partial charge in [0.05, 0.1) is 40.8 Å². The van der Waals surface area contributed by atoms with E-state index >= 15 is 4.39 Å². The Morgan fingerprint density at radius 2 is 1.98 bits per heavy atom. The van der Waals surface area contributed by atoms with Gasteiger partial charge in [-0.05, 0) is 100 Å². The summed E-state index contributed by atoms with van der Waals surface area (Å²) in [6, 6.07) is 13.6. The Morgan fingerprint density at radius 1 is 1.13 bits per heavy atom. The lowest BCUT2D eigenvalue weighted by molar-refractivity contribution is -0.129. The topological polar surface area (TPSA) is 99.3 Å². The second-order valence-corrected chi connectivity index (χ2v) is 15.3. The first-order valence-electron chi connectivity index (χ1n) is 18.7. The fourth-order valence-electron chi connectivity index (χ4n) is 9.89. The molecule has 9 nitrogen and oxygen atoms in total. The minimum atomic E-state index is -0.533. The standard InChI is InChI=1S/C41H43F2N7O2/c1-22(33-11-6-14-48(33)3)52-41-30-19-35(34-12-7-15-49(34)23(2)51)50(39-25-17-32(39)45-20-25)40(30)29-16-24(8-5-13-44)36(37(43)38(29)47-41)27-9-4-10-31-28(27)18-26(42)21-46-31/h4,9-10,16,18-19,21-22,25,32-34,39,45H,5-8,11-12,14-15,17,20H2,1-3H3. The predicted molar refractivity (Wildman–Crippen MR) is 196 cm³/mol. The van der Waals surface area contributed by atoms with Gasteiger partial charge in [0.15, 0.2) is 5.82 Å². The average Bonchev–Trinajstić information content (AvgIpc) is 3.97. The second kappa shape index (κ2) is 12.8. The van der Waals surface area contributed by atoms with E-state index in [1.807, 2.05) is 11.0 Å². The van der Waals surface area contributed by atoms with Crippen molar-refractivity contribution in [2.75, 3.05) is 26.7 Å². The van der Waals surface area contributed by atoms with Crippen molar-refractivity contribution in [2.24, 2.45) is 5.92 Å². The summed E-state index contributed by atoms with van der Waals surface area (Å²) in [6.45, 7) is 6.30. The number of aromatic nitrogens is 3. The maximum atomic E-state index is 17.8. The zero-order valence-electron chi connectivity index (χ0n) is 29.8. The maximum Gasteiger partial charge on any atom is 0.223 e. The number of amides is 1. The number of nitrogens with one attached hydrogen (secondary N) is 1. The molecule has 5 fully saturated rings. The summed E-state index contributed by atoms with van der Waals surface area (Å²) in [7, 11) is 2.11. The monoisotopic (exact) mass is 703 g/mol. The molecule has 0 spiro atoms. The molecule has 1 amide bonds. The summed E-state index contributed by atoms with van der Waals surface area (Å²) in [5.74, 6) is -0.216. The number of hydrogen-bond acceptors (Lipinski definition) is 7. The number of halogens is 2. The SMILES string of the molecule is CC(=O)N1CCCC1c1cc2c(OC(C)C3CCCN3C)nc3c(F)c(-c4cccc5ncc(F)cc45)c(CCC#N)cc3c2n1C1C2CNC1C2. The lowest BCUT2D eigenvalue weighted by Crippen LogP contribution is -2.40. The predicted octanol–water partition coefficient (Wildman–Crippen LogP) is 7.22. The summed E-state index contributed by atoms with van der Waals surface area (Å²) in [4.78, 5) is 26.6. The van der Waals surface area contributed by atoms with Crippen LogP contribution in [-0.4, -0.2) is 75.1 Å². The van der Waals surface area contributed by atoms with Crippen molar-refractivity contribution >= 4 is 38.6 Å². The van der Waals surface area contributed by atoms with Crippen LogP contribution in [0.25, 0.3) is 43.8 Å². The molecule has 1 aliphatic carbocycles. The number of likely N-dealkylation sites (N-methyl/N-ethyl adjacent to an activating group) is 1. The van der Waals surface area contributed by atoms with Crippen molar-refractivity contribution in [2.45, 2.75) is 89.1 Å². The number of ether oxygens (including phenoxy) is 1. The van der Waals surface area contributed by atoms with Gasteiger partial charge in [0, 0.05) is 60.5 Å². The molecule has 0 radical (unpaired) electrons. The molecule has 6 unspecified atom stereocenters. The van der Waals surface area contributed by atoms with Gasteiger partial charge >= 0.3 is 0 Å². The third-order valence-electron chi connectivity index (χ3n) is 12.4. The average molecular weight is 704 g/mol. The first-order chi connectivity index (χ1) is 25.2. The van der Waals surface area contributed by atoms with Crippen molar-refractivity contribution in [3.8, 4) is 23.1 Å². The highest BCUT2D eigenvalue weighted by Gasteiger charge is 2.50. The summed E-state index contributed by atoms with van der Waals surface area (Å²) in [6.07, 6.45) is 6.33. The van der Waals surface area contributed by atoms with Gasteiger partial charge in [-0.3, -0.25) is 14.7 Å². The molecule has 11 heteroatoms. The molecule has 1 saturated carbocycles. The number of nitriles is 1. The van der Waals surface area contributed by atoms with Crippen LogP contribution in [0, 0.1) is 28.9 Å². The van der Waals surface area contributed by atoms with E-state index in [2.05, 4.69) is 45.9 Å². The minimum absolute atomic E-state index is 0.0434. The zero-order valence-corrected chi connectivity index (χ0v) is 29.8. The second-order valence-electron chi connectivity index (χ2n) is 15.3. The van der Waals surface area contributed by atoms with Crippen LogP contribution >= 0.6 is 0 Å². The van der Waals surface area contributed by atoms with Crippen LogP contribution in [0.1, 0.15) is 75.7 Å². The Kier molecular flexibility index (Phi) is 8.16. The van der Waals surface area contributed by atoms with Crippen LogP contribution in [0.15, 0.2) is 42.6 Å². The quantitative estimate of drug-likeness (QED) is 0.182. The molecule has 7 heterocycles. The summed E-state index contributed by atoms with van der Waals surface area (Å²) < 4.78 is 41.7. The van der Waals surface area contributed by atoms with Crippen LogP contribution in [0.4, 0.5) is 8.78 Å². The van der Waals surface area contributed by atoms with E-state index in [-0.39, 0.29) is 48.1 Å². The molecule has 5 aromatic rings. The first-order valence-corrected chi connectivity index (χ1v) is 18.7. The maximum absolute atomic E-state index is 17.8. The number of rotatable bonds is 8. The van der Waals surface area contributed by atoms with Crippen LogP contribution in [0.2, 0.25) is 0 Å². The van der Waals surface area contributed by atoms with Gasteiger partial charge in [-0.2, -0.15) is 5.26 Å². The molecule has 52 heavy (non-hydrogen) atoms. The molecule has 6 atom stereocenters. The lowest BCUT2D eigenvalue weighted by Gasteiger charge is -2.39. The van der Waals surface area contributed by atoms with Crippen molar-refractivity contribution in [1.82, 2.24) is 29.7 Å². The van der Waals surface area contributed by atoms with E-state index in [0.29, 0.717) is 57.7 Å². The van der Waals surface area contributed by atoms with Gasteiger partial charge in [-0.25, -0.2) is 13.8 Å². The highest BCUT2D eigenvalue weighted by Crippen LogP contribution is 2.51. The van der Waals surface area contributed by atoms with Crippen molar-refractivity contribution in [3.63, 3.8) is 0 Å². The van der Waals surface area contributed by atoms with E-state index in [1.165, 1.54) is 6.07 Å². The number of carbonyl (C=O) groups is 1. The van der Waals surface area contributed by atoms with Crippen LogP contribution in [0.5, 0.6) is 5.88 Å². The number of likely N-dealkylation sites (tertiary alicyclic amines) is 2. The fraction of sp³-hybridized carbons (Fsp3) is 0.463. The molecule has 2 aromatic carbocycles. The van der Waals surface area contributed by atoms with Gasteiger partial charge in [-0.1, -0.05) is 12.1 Å². The molecular weight excluding hydrogens is 660 g/mol. The van der Waals surface area contributed by atoms with Gasteiger partial charge in [0.25, 0.3) is 0 Å². The molecule has 4 saturated heterocycles. The van der Waals surface area contributed by atoms with E-state index in [4.69, 9.17) is 9.72 Å². The molecule has 3 aromatic heterocycles. The number of hydrogen-bond donors (Lipinski definition) is 1. The summed E-state index contributed by atoms with van der Waals surface area (Å²) in [5, 5.41) is 15.4. The lowest BCUT2D eigenvalue weighted by atomic mass is 9.79. The minimum Gasteiger partial charge on any atom is -0.472 e. The van der Waals surface area contributed by atoms with Gasteiger partial charge in [-0.15, -0.1) is 0 Å². The third kappa shape index (κ3) is 5.17. The molecule has 10 rings (SSSR count). The third-order valence-corrected chi connectivity index (χ3v) is 12.4. The molecule has 268 valence electrons. The fourth-order valence-corrected chi connectivity index (χ4v) is 9.89. The Bertz CT molecular complexity index is 2290. The first kappa shape index (κ1) is 33.2. The van der Waals surface area contributed by atoms with Gasteiger partial charge < -0.3 is 19.5 Å². The Balaban J connectivity index is 1.36.